The van der Waals surface area contributed by atoms with E-state index in [0.717, 1.165) is 0 Å². The average molecular weight is 608 g/mol. The maximum Gasteiger partial charge on any atom is 0.308 e. The van der Waals surface area contributed by atoms with Gasteiger partial charge in [-0.1, -0.05) is 54.4 Å². The standard InChI is InChI=1S/C31H53N5O7/c1-10-19(5)25-30(41)35(9)26(20(6)11-2)31(42)34(8)21(7)27(38)32-15-14-24(37)43-23(17-18(3)4)29(40)36-16-12-13-22(36)28(39)33-25/h18-23,25-26H,10-17H2,1-9H3,(H,32,38)(H,33,39)/t19-,20-,21-,22-,23?,25-,26-/m0/s1. The second-order valence-corrected chi connectivity index (χ2v) is 12.6. The van der Waals surface area contributed by atoms with Gasteiger partial charge in [-0.05, 0) is 43.9 Å². The number of rotatable bonds is 6. The van der Waals surface area contributed by atoms with Crippen molar-refractivity contribution in [3.63, 3.8) is 0 Å². The topological polar surface area (TPSA) is 145 Å². The van der Waals surface area contributed by atoms with E-state index >= 15 is 0 Å². The van der Waals surface area contributed by atoms with E-state index in [2.05, 4.69) is 10.6 Å². The Labute approximate surface area is 256 Å². The Hall–Kier alpha value is -3.18. The van der Waals surface area contributed by atoms with Crippen molar-refractivity contribution in [3.05, 3.63) is 0 Å². The van der Waals surface area contributed by atoms with Crippen LogP contribution in [-0.2, 0) is 33.5 Å². The van der Waals surface area contributed by atoms with Gasteiger partial charge < -0.3 is 30.1 Å². The van der Waals surface area contributed by atoms with Crippen molar-refractivity contribution in [3.8, 4) is 0 Å². The number of esters is 1. The highest BCUT2D eigenvalue weighted by atomic mass is 16.5. The van der Waals surface area contributed by atoms with Crippen LogP contribution < -0.4 is 10.6 Å². The van der Waals surface area contributed by atoms with Gasteiger partial charge in [-0.3, -0.25) is 28.8 Å². The number of amides is 5. The third kappa shape index (κ3) is 8.92. The lowest BCUT2D eigenvalue weighted by atomic mass is 9.92. The Morgan fingerprint density at radius 2 is 1.49 bits per heavy atom. The van der Waals surface area contributed by atoms with E-state index < -0.39 is 65.8 Å². The van der Waals surface area contributed by atoms with Crippen molar-refractivity contribution in [2.75, 3.05) is 27.2 Å². The molecule has 0 aromatic carbocycles. The minimum atomic E-state index is -1.07. The number of nitrogens with one attached hydrogen (secondary N) is 2. The zero-order valence-corrected chi connectivity index (χ0v) is 27.5. The molecule has 2 heterocycles. The molecule has 0 aliphatic carbocycles. The number of hydrogen-bond donors (Lipinski definition) is 2. The zero-order chi connectivity index (χ0) is 32.6. The predicted molar refractivity (Wildman–Crippen MR) is 161 cm³/mol. The van der Waals surface area contributed by atoms with Gasteiger partial charge in [0.05, 0.1) is 6.42 Å². The Morgan fingerprint density at radius 1 is 0.860 bits per heavy atom. The summed E-state index contributed by atoms with van der Waals surface area (Å²) in [6.45, 7) is 13.3. The van der Waals surface area contributed by atoms with Crippen LogP contribution in [0.1, 0.15) is 87.0 Å². The molecule has 0 aromatic heterocycles. The first-order valence-corrected chi connectivity index (χ1v) is 15.8. The van der Waals surface area contributed by atoms with Crippen molar-refractivity contribution in [2.24, 2.45) is 17.8 Å². The van der Waals surface area contributed by atoms with Crippen LogP contribution in [-0.4, -0.2) is 108 Å². The molecule has 2 aliphatic heterocycles. The summed E-state index contributed by atoms with van der Waals surface area (Å²) < 4.78 is 5.60. The van der Waals surface area contributed by atoms with Gasteiger partial charge in [0.15, 0.2) is 6.10 Å². The van der Waals surface area contributed by atoms with Crippen LogP contribution >= 0.6 is 0 Å². The summed E-state index contributed by atoms with van der Waals surface area (Å²) >= 11 is 0. The molecule has 1 unspecified atom stereocenters. The van der Waals surface area contributed by atoms with Gasteiger partial charge in [0.1, 0.15) is 24.2 Å². The molecule has 2 rings (SSSR count). The monoisotopic (exact) mass is 607 g/mol. The molecule has 43 heavy (non-hydrogen) atoms. The van der Waals surface area contributed by atoms with Crippen molar-refractivity contribution in [1.82, 2.24) is 25.3 Å². The predicted octanol–water partition coefficient (Wildman–Crippen LogP) is 1.71. The molecular weight excluding hydrogens is 554 g/mol. The van der Waals surface area contributed by atoms with Crippen LogP contribution in [0.4, 0.5) is 0 Å². The van der Waals surface area contributed by atoms with Gasteiger partial charge in [0.25, 0.3) is 5.91 Å². The van der Waals surface area contributed by atoms with Crippen molar-refractivity contribution >= 4 is 35.5 Å². The summed E-state index contributed by atoms with van der Waals surface area (Å²) in [6.07, 6.45) is 1.24. The van der Waals surface area contributed by atoms with Crippen molar-refractivity contribution in [1.29, 1.82) is 0 Å². The molecule has 0 saturated carbocycles. The quantitative estimate of drug-likeness (QED) is 0.437. The lowest BCUT2D eigenvalue weighted by Crippen LogP contribution is -2.61. The second kappa shape index (κ2) is 16.0. The van der Waals surface area contributed by atoms with E-state index in [0.29, 0.717) is 32.2 Å². The minimum Gasteiger partial charge on any atom is -0.452 e. The molecule has 0 radical (unpaired) electrons. The minimum absolute atomic E-state index is 0.0354. The highest BCUT2D eigenvalue weighted by Crippen LogP contribution is 2.24. The van der Waals surface area contributed by atoms with Gasteiger partial charge in [-0.15, -0.1) is 0 Å². The first-order chi connectivity index (χ1) is 20.2. The molecule has 2 N–H and O–H groups in total. The fraction of sp³-hybridized carbons (Fsp3) is 0.806. The summed E-state index contributed by atoms with van der Waals surface area (Å²) in [5.74, 6) is -3.27. The first-order valence-electron chi connectivity index (χ1n) is 15.8. The molecule has 2 saturated heterocycles. The molecule has 244 valence electrons. The lowest BCUT2D eigenvalue weighted by molar-refractivity contribution is -0.162. The Bertz CT molecular complexity index is 1030. The maximum absolute atomic E-state index is 14.0. The molecule has 2 fully saturated rings. The lowest BCUT2D eigenvalue weighted by Gasteiger charge is -2.38. The van der Waals surface area contributed by atoms with E-state index in [-0.39, 0.29) is 37.1 Å². The summed E-state index contributed by atoms with van der Waals surface area (Å²) in [5, 5.41) is 5.60. The summed E-state index contributed by atoms with van der Waals surface area (Å²) in [6, 6.07) is -3.50. The Morgan fingerprint density at radius 3 is 2.07 bits per heavy atom. The summed E-state index contributed by atoms with van der Waals surface area (Å²) in [5.41, 5.74) is 0. The van der Waals surface area contributed by atoms with Crippen LogP contribution in [0.5, 0.6) is 0 Å². The number of hydrogen-bond acceptors (Lipinski definition) is 7. The van der Waals surface area contributed by atoms with E-state index in [1.54, 1.807) is 14.0 Å². The van der Waals surface area contributed by atoms with Crippen LogP contribution in [0, 0.1) is 17.8 Å². The van der Waals surface area contributed by atoms with E-state index in [1.807, 2.05) is 41.5 Å². The SMILES string of the molecule is CC[C@H](C)[C@@H]1NC(=O)[C@@H]2CCCN2C(=O)C(CC(C)C)OC(=O)CCNC(=O)[C@H](C)N(C)C(=O)[C@H]([C@@H](C)CC)N(C)C1=O. The van der Waals surface area contributed by atoms with E-state index in [4.69, 9.17) is 4.74 Å². The summed E-state index contributed by atoms with van der Waals surface area (Å²) in [7, 11) is 3.08. The normalized spacial score (nSPS) is 28.9. The molecule has 12 nitrogen and oxygen atoms in total. The number of likely N-dealkylation sites (N-methyl/N-ethyl adjacent to an activating group) is 2. The van der Waals surface area contributed by atoms with Gasteiger partial charge in [0.2, 0.25) is 23.6 Å². The van der Waals surface area contributed by atoms with Gasteiger partial charge >= 0.3 is 5.97 Å². The van der Waals surface area contributed by atoms with Gasteiger partial charge in [0, 0.05) is 27.2 Å². The van der Waals surface area contributed by atoms with Crippen molar-refractivity contribution in [2.45, 2.75) is 117 Å². The molecular formula is C31H53N5O7. The average Bonchev–Trinajstić information content (AvgIpc) is 3.46. The summed E-state index contributed by atoms with van der Waals surface area (Å²) in [4.78, 5) is 85.1. The first kappa shape index (κ1) is 36.0. The number of nitrogens with zero attached hydrogens (tertiary/aromatic N) is 3. The molecule has 0 spiro atoms. The van der Waals surface area contributed by atoms with Crippen LogP contribution in [0.25, 0.3) is 0 Å². The Kier molecular flexibility index (Phi) is 13.4. The van der Waals surface area contributed by atoms with Crippen molar-refractivity contribution < 1.29 is 33.5 Å². The second-order valence-electron chi connectivity index (χ2n) is 12.6. The van der Waals surface area contributed by atoms with Gasteiger partial charge in [-0.2, -0.15) is 0 Å². The van der Waals surface area contributed by atoms with Crippen LogP contribution in [0.15, 0.2) is 0 Å². The molecule has 0 bridgehead atoms. The third-order valence-electron chi connectivity index (χ3n) is 8.99. The van der Waals surface area contributed by atoms with E-state index in [9.17, 15) is 28.8 Å². The van der Waals surface area contributed by atoms with Gasteiger partial charge in [-0.25, -0.2) is 0 Å². The Balaban J connectivity index is 2.56. The smallest absolute Gasteiger partial charge is 0.308 e. The molecule has 2 aliphatic rings. The fourth-order valence-electron chi connectivity index (χ4n) is 5.65. The molecule has 7 atom stereocenters. The highest BCUT2D eigenvalue weighted by molar-refractivity contribution is 5.96. The third-order valence-corrected chi connectivity index (χ3v) is 8.99. The number of carbonyl (C=O) groups is 6. The number of fused-ring (bicyclic) bond motifs is 1. The highest BCUT2D eigenvalue weighted by Gasteiger charge is 2.43. The number of carbonyl (C=O) groups excluding carboxylic acids is 6. The fourth-order valence-corrected chi connectivity index (χ4v) is 5.65. The molecule has 0 aromatic rings. The van der Waals surface area contributed by atoms with Crippen LogP contribution in [0.3, 0.4) is 0 Å². The number of cyclic esters (lactones) is 1. The van der Waals surface area contributed by atoms with Crippen LogP contribution in [0.2, 0.25) is 0 Å². The molecule has 12 heteroatoms. The maximum atomic E-state index is 14.0. The zero-order valence-electron chi connectivity index (χ0n) is 27.5. The largest absolute Gasteiger partial charge is 0.452 e. The molecule has 5 amide bonds. The van der Waals surface area contributed by atoms with E-state index in [1.165, 1.54) is 21.7 Å². The number of ether oxygens (including phenoxy) is 1.